The number of aliphatic hydroxyl groups excluding tert-OH is 1. The molecule has 96 valence electrons. The Hall–Kier alpha value is -1.56. The third-order valence-corrected chi connectivity index (χ3v) is 2.29. The minimum absolute atomic E-state index is 0.0413. The van der Waals surface area contributed by atoms with E-state index in [2.05, 4.69) is 0 Å². The maximum Gasteiger partial charge on any atom is 0.268 e. The second-order valence-corrected chi connectivity index (χ2v) is 3.20. The molecule has 1 N–H and O–H groups in total. The SMILES string of the molecule is COc1ccc(C(O)C(F)F)c(OC)c1OC. The number of hydrogen-bond donors (Lipinski definition) is 1. The van der Waals surface area contributed by atoms with Gasteiger partial charge in [-0.25, -0.2) is 8.78 Å². The van der Waals surface area contributed by atoms with E-state index in [4.69, 9.17) is 14.2 Å². The van der Waals surface area contributed by atoms with Gasteiger partial charge in [-0.2, -0.15) is 0 Å². The van der Waals surface area contributed by atoms with Crippen LogP contribution in [0.25, 0.3) is 0 Å². The van der Waals surface area contributed by atoms with Gasteiger partial charge in [0.1, 0.15) is 6.10 Å². The lowest BCUT2D eigenvalue weighted by Gasteiger charge is -2.18. The van der Waals surface area contributed by atoms with Crippen molar-refractivity contribution in [2.45, 2.75) is 12.5 Å². The first kappa shape index (κ1) is 13.5. The molecule has 0 aliphatic carbocycles. The molecule has 1 atom stereocenters. The summed E-state index contributed by atoms with van der Waals surface area (Å²) < 4.78 is 39.9. The van der Waals surface area contributed by atoms with Crippen molar-refractivity contribution < 1.29 is 28.1 Å². The van der Waals surface area contributed by atoms with Crippen LogP contribution in [0.1, 0.15) is 11.7 Å². The number of alkyl halides is 2. The highest BCUT2D eigenvalue weighted by Crippen LogP contribution is 2.43. The van der Waals surface area contributed by atoms with Crippen LogP contribution in [0.2, 0.25) is 0 Å². The number of ether oxygens (including phenoxy) is 3. The fourth-order valence-electron chi connectivity index (χ4n) is 1.49. The molecule has 0 spiro atoms. The van der Waals surface area contributed by atoms with Gasteiger partial charge in [-0.15, -0.1) is 0 Å². The zero-order chi connectivity index (χ0) is 13.0. The van der Waals surface area contributed by atoms with Crippen molar-refractivity contribution in [2.24, 2.45) is 0 Å². The Morgan fingerprint density at radius 3 is 2.00 bits per heavy atom. The molecule has 0 heterocycles. The van der Waals surface area contributed by atoms with Gasteiger partial charge in [0.2, 0.25) is 5.75 Å². The van der Waals surface area contributed by atoms with E-state index in [-0.39, 0.29) is 17.1 Å². The van der Waals surface area contributed by atoms with Crippen LogP contribution in [-0.2, 0) is 0 Å². The molecule has 0 saturated heterocycles. The third kappa shape index (κ3) is 2.58. The minimum Gasteiger partial charge on any atom is -0.493 e. The normalized spacial score (nSPS) is 12.4. The molecular weight excluding hydrogens is 234 g/mol. The van der Waals surface area contributed by atoms with Crippen molar-refractivity contribution in [2.75, 3.05) is 21.3 Å². The molecule has 1 unspecified atom stereocenters. The van der Waals surface area contributed by atoms with E-state index in [1.807, 2.05) is 0 Å². The molecule has 1 aromatic carbocycles. The van der Waals surface area contributed by atoms with Crippen LogP contribution in [0.5, 0.6) is 17.2 Å². The summed E-state index contributed by atoms with van der Waals surface area (Å²) in [5.41, 5.74) is -0.0415. The minimum atomic E-state index is -2.90. The molecule has 0 fully saturated rings. The Bertz CT molecular complexity index is 382. The van der Waals surface area contributed by atoms with E-state index in [1.54, 1.807) is 0 Å². The number of halogens is 2. The highest BCUT2D eigenvalue weighted by atomic mass is 19.3. The second kappa shape index (κ2) is 5.67. The smallest absolute Gasteiger partial charge is 0.268 e. The first-order chi connectivity index (χ1) is 8.06. The quantitative estimate of drug-likeness (QED) is 0.866. The Kier molecular flexibility index (Phi) is 4.51. The van der Waals surface area contributed by atoms with Gasteiger partial charge in [0, 0.05) is 5.56 Å². The van der Waals surface area contributed by atoms with Crippen LogP contribution in [0.15, 0.2) is 12.1 Å². The summed E-state index contributed by atoms with van der Waals surface area (Å²) in [5.74, 6) is 0.557. The lowest BCUT2D eigenvalue weighted by atomic mass is 10.1. The lowest BCUT2D eigenvalue weighted by Crippen LogP contribution is -2.10. The van der Waals surface area contributed by atoms with Crippen molar-refractivity contribution in [1.29, 1.82) is 0 Å². The van der Waals surface area contributed by atoms with E-state index in [0.29, 0.717) is 5.75 Å². The number of benzene rings is 1. The van der Waals surface area contributed by atoms with Crippen LogP contribution in [-0.4, -0.2) is 32.9 Å². The summed E-state index contributed by atoms with van der Waals surface area (Å²) in [4.78, 5) is 0. The van der Waals surface area contributed by atoms with Crippen LogP contribution in [0.4, 0.5) is 8.78 Å². The first-order valence-corrected chi connectivity index (χ1v) is 4.81. The van der Waals surface area contributed by atoms with E-state index < -0.39 is 12.5 Å². The highest BCUT2D eigenvalue weighted by molar-refractivity contribution is 5.56. The molecule has 1 aromatic rings. The summed E-state index contributed by atoms with van der Waals surface area (Å²) in [5, 5.41) is 9.37. The first-order valence-electron chi connectivity index (χ1n) is 4.81. The molecule has 0 amide bonds. The monoisotopic (exact) mass is 248 g/mol. The standard InChI is InChI=1S/C11H14F2O4/c1-15-7-5-4-6(8(14)11(12)13)9(16-2)10(7)17-3/h4-5,8,11,14H,1-3H3. The number of methoxy groups -OCH3 is 3. The summed E-state index contributed by atoms with van der Waals surface area (Å²) in [6, 6.07) is 2.75. The summed E-state index contributed by atoms with van der Waals surface area (Å²) in [7, 11) is 4.08. The van der Waals surface area contributed by atoms with Crippen LogP contribution in [0.3, 0.4) is 0 Å². The second-order valence-electron chi connectivity index (χ2n) is 3.20. The van der Waals surface area contributed by atoms with Gasteiger partial charge in [-0.1, -0.05) is 0 Å². The average molecular weight is 248 g/mol. The molecule has 17 heavy (non-hydrogen) atoms. The van der Waals surface area contributed by atoms with E-state index in [0.717, 1.165) is 0 Å². The van der Waals surface area contributed by atoms with E-state index in [1.165, 1.54) is 33.5 Å². The van der Waals surface area contributed by atoms with Gasteiger partial charge in [0.15, 0.2) is 11.5 Å². The Morgan fingerprint density at radius 2 is 1.59 bits per heavy atom. The summed E-state index contributed by atoms with van der Waals surface area (Å²) >= 11 is 0. The molecule has 0 radical (unpaired) electrons. The predicted octanol–water partition coefficient (Wildman–Crippen LogP) is 2.01. The Labute approximate surface area is 97.7 Å². The zero-order valence-corrected chi connectivity index (χ0v) is 9.74. The fourth-order valence-corrected chi connectivity index (χ4v) is 1.49. The maximum absolute atomic E-state index is 12.5. The van der Waals surface area contributed by atoms with Crippen molar-refractivity contribution in [1.82, 2.24) is 0 Å². The van der Waals surface area contributed by atoms with Gasteiger partial charge < -0.3 is 19.3 Å². The van der Waals surface area contributed by atoms with Crippen LogP contribution < -0.4 is 14.2 Å². The molecule has 0 saturated carbocycles. The Balaban J connectivity index is 3.32. The van der Waals surface area contributed by atoms with Crippen molar-refractivity contribution >= 4 is 0 Å². The molecule has 0 aliphatic heterocycles. The van der Waals surface area contributed by atoms with Crippen molar-refractivity contribution in [3.63, 3.8) is 0 Å². The summed E-state index contributed by atoms with van der Waals surface area (Å²) in [6.45, 7) is 0. The highest BCUT2D eigenvalue weighted by Gasteiger charge is 2.26. The van der Waals surface area contributed by atoms with Crippen LogP contribution >= 0.6 is 0 Å². The number of hydrogen-bond acceptors (Lipinski definition) is 4. The lowest BCUT2D eigenvalue weighted by molar-refractivity contribution is -0.00717. The molecular formula is C11H14F2O4. The summed E-state index contributed by atoms with van der Waals surface area (Å²) in [6.07, 6.45) is -4.83. The fraction of sp³-hybridized carbons (Fsp3) is 0.455. The molecule has 0 aliphatic rings. The van der Waals surface area contributed by atoms with Gasteiger partial charge in [-0.3, -0.25) is 0 Å². The molecule has 4 nitrogen and oxygen atoms in total. The molecule has 1 rings (SSSR count). The van der Waals surface area contributed by atoms with Gasteiger partial charge in [0.25, 0.3) is 6.43 Å². The number of aliphatic hydroxyl groups is 1. The van der Waals surface area contributed by atoms with E-state index >= 15 is 0 Å². The topological polar surface area (TPSA) is 47.9 Å². The van der Waals surface area contributed by atoms with Gasteiger partial charge in [-0.05, 0) is 12.1 Å². The molecule has 0 bridgehead atoms. The van der Waals surface area contributed by atoms with Crippen LogP contribution in [0, 0.1) is 0 Å². The largest absolute Gasteiger partial charge is 0.493 e. The number of rotatable bonds is 5. The predicted molar refractivity (Wildman–Crippen MR) is 57.1 cm³/mol. The molecule has 0 aromatic heterocycles. The zero-order valence-electron chi connectivity index (χ0n) is 9.74. The van der Waals surface area contributed by atoms with Crippen molar-refractivity contribution in [3.8, 4) is 17.2 Å². The maximum atomic E-state index is 12.5. The van der Waals surface area contributed by atoms with Gasteiger partial charge >= 0.3 is 0 Å². The molecule has 6 heteroatoms. The van der Waals surface area contributed by atoms with Gasteiger partial charge in [0.05, 0.1) is 21.3 Å². The van der Waals surface area contributed by atoms with E-state index in [9.17, 15) is 13.9 Å². The average Bonchev–Trinajstić information content (AvgIpc) is 2.35. The van der Waals surface area contributed by atoms with Crippen molar-refractivity contribution in [3.05, 3.63) is 17.7 Å². The Morgan fingerprint density at radius 1 is 1.00 bits per heavy atom. The third-order valence-electron chi connectivity index (χ3n) is 2.29.